The highest BCUT2D eigenvalue weighted by Crippen LogP contribution is 2.09. The molecule has 1 aliphatic heterocycles. The van der Waals surface area contributed by atoms with Gasteiger partial charge in [-0.2, -0.15) is 0 Å². The van der Waals surface area contributed by atoms with Crippen LogP contribution in [0.15, 0.2) is 0 Å². The first kappa shape index (κ1) is 13.7. The number of carbonyl (C=O) groups is 1. The summed E-state index contributed by atoms with van der Waals surface area (Å²) in [6.45, 7) is 2.56. The monoisotopic (exact) mass is 222 g/mol. The van der Waals surface area contributed by atoms with E-state index in [-0.39, 0.29) is 30.8 Å². The fourth-order valence-corrected chi connectivity index (χ4v) is 1.51. The van der Waals surface area contributed by atoms with Gasteiger partial charge in [0.15, 0.2) is 0 Å². The van der Waals surface area contributed by atoms with Gasteiger partial charge in [0, 0.05) is 19.7 Å². The van der Waals surface area contributed by atoms with Gasteiger partial charge in [0.2, 0.25) is 5.91 Å². The normalized spacial score (nSPS) is 21.1. The Balaban J connectivity index is 0.00000169. The zero-order valence-corrected chi connectivity index (χ0v) is 9.11. The van der Waals surface area contributed by atoms with Crippen LogP contribution in [0.2, 0.25) is 0 Å². The smallest absolute Gasteiger partial charge is 0.224 e. The number of halogens is 1. The molecule has 0 spiro atoms. The maximum atomic E-state index is 11.4. The van der Waals surface area contributed by atoms with Gasteiger partial charge >= 0.3 is 0 Å². The Morgan fingerprint density at radius 1 is 1.57 bits per heavy atom. The second kappa shape index (κ2) is 8.03. The standard InChI is InChI=1S/C9H18N2O2.ClH/c12-6-2-5-11-9(13)8-3-1-4-10-7-8;/h8,10,12H,1-7H2,(H,11,13);1H. The molecule has 5 heteroatoms. The van der Waals surface area contributed by atoms with Crippen LogP contribution < -0.4 is 10.6 Å². The Morgan fingerprint density at radius 3 is 2.93 bits per heavy atom. The third-order valence-corrected chi connectivity index (χ3v) is 2.30. The van der Waals surface area contributed by atoms with Gasteiger partial charge in [-0.3, -0.25) is 4.79 Å². The molecule has 84 valence electrons. The molecule has 1 atom stereocenters. The summed E-state index contributed by atoms with van der Waals surface area (Å²) in [7, 11) is 0. The average Bonchev–Trinajstić information content (AvgIpc) is 2.19. The van der Waals surface area contributed by atoms with Crippen LogP contribution >= 0.6 is 12.4 Å². The number of aliphatic hydroxyl groups excluding tert-OH is 1. The maximum Gasteiger partial charge on any atom is 0.224 e. The minimum atomic E-state index is 0. The maximum absolute atomic E-state index is 11.4. The van der Waals surface area contributed by atoms with Gasteiger partial charge in [0.05, 0.1) is 5.92 Å². The number of hydrogen-bond acceptors (Lipinski definition) is 3. The van der Waals surface area contributed by atoms with Crippen LogP contribution in [0.5, 0.6) is 0 Å². The van der Waals surface area contributed by atoms with Crippen LogP contribution in [-0.4, -0.2) is 37.3 Å². The van der Waals surface area contributed by atoms with Gasteiger partial charge in [-0.25, -0.2) is 0 Å². The highest BCUT2D eigenvalue weighted by atomic mass is 35.5. The van der Waals surface area contributed by atoms with Crippen molar-refractivity contribution in [3.05, 3.63) is 0 Å². The summed E-state index contributed by atoms with van der Waals surface area (Å²) in [6, 6.07) is 0. The molecule has 14 heavy (non-hydrogen) atoms. The van der Waals surface area contributed by atoms with Crippen LogP contribution in [-0.2, 0) is 4.79 Å². The summed E-state index contributed by atoms with van der Waals surface area (Å²) >= 11 is 0. The Kier molecular flexibility index (Phi) is 7.84. The molecule has 1 fully saturated rings. The summed E-state index contributed by atoms with van der Waals surface area (Å²) in [5.41, 5.74) is 0. The molecule has 4 nitrogen and oxygen atoms in total. The first-order chi connectivity index (χ1) is 6.34. The zero-order valence-electron chi connectivity index (χ0n) is 8.29. The zero-order chi connectivity index (χ0) is 9.52. The largest absolute Gasteiger partial charge is 0.396 e. The fourth-order valence-electron chi connectivity index (χ4n) is 1.51. The molecule has 1 saturated heterocycles. The van der Waals surface area contributed by atoms with Crippen molar-refractivity contribution in [1.82, 2.24) is 10.6 Å². The highest BCUT2D eigenvalue weighted by Gasteiger charge is 2.19. The van der Waals surface area contributed by atoms with Crippen LogP contribution in [0.4, 0.5) is 0 Å². The molecule has 0 aromatic heterocycles. The molecule has 0 aliphatic carbocycles. The second-order valence-corrected chi connectivity index (χ2v) is 3.41. The number of hydrogen-bond donors (Lipinski definition) is 3. The molecular weight excluding hydrogens is 204 g/mol. The number of aliphatic hydroxyl groups is 1. The van der Waals surface area contributed by atoms with Crippen LogP contribution in [0.3, 0.4) is 0 Å². The Labute approximate surface area is 90.9 Å². The van der Waals surface area contributed by atoms with Crippen molar-refractivity contribution >= 4 is 18.3 Å². The van der Waals surface area contributed by atoms with Gasteiger partial charge in [-0.15, -0.1) is 12.4 Å². The molecule has 0 bridgehead atoms. The van der Waals surface area contributed by atoms with Crippen LogP contribution in [0.25, 0.3) is 0 Å². The SMILES string of the molecule is Cl.O=C(NCCCO)C1CCCNC1. The number of nitrogens with one attached hydrogen (secondary N) is 2. The van der Waals surface area contributed by atoms with E-state index >= 15 is 0 Å². The lowest BCUT2D eigenvalue weighted by molar-refractivity contribution is -0.125. The molecule has 0 aromatic carbocycles. The third kappa shape index (κ3) is 4.79. The number of carbonyl (C=O) groups excluding carboxylic acids is 1. The van der Waals surface area contributed by atoms with Crippen molar-refractivity contribution in [2.45, 2.75) is 19.3 Å². The quantitative estimate of drug-likeness (QED) is 0.583. The van der Waals surface area contributed by atoms with Crippen molar-refractivity contribution in [2.24, 2.45) is 5.92 Å². The molecule has 0 radical (unpaired) electrons. The van der Waals surface area contributed by atoms with E-state index in [1.165, 1.54) is 0 Å². The van der Waals surface area contributed by atoms with E-state index in [4.69, 9.17) is 5.11 Å². The van der Waals surface area contributed by atoms with Gasteiger partial charge in [-0.1, -0.05) is 0 Å². The van der Waals surface area contributed by atoms with E-state index < -0.39 is 0 Å². The van der Waals surface area contributed by atoms with Gasteiger partial charge in [0.1, 0.15) is 0 Å². The Hall–Kier alpha value is -0.320. The van der Waals surface area contributed by atoms with Crippen LogP contribution in [0, 0.1) is 5.92 Å². The van der Waals surface area contributed by atoms with Crippen molar-refractivity contribution in [3.63, 3.8) is 0 Å². The molecule has 0 aromatic rings. The van der Waals surface area contributed by atoms with Gasteiger partial charge in [0.25, 0.3) is 0 Å². The lowest BCUT2D eigenvalue weighted by atomic mass is 9.99. The van der Waals surface area contributed by atoms with E-state index in [0.29, 0.717) is 13.0 Å². The summed E-state index contributed by atoms with van der Waals surface area (Å²) < 4.78 is 0. The first-order valence-electron chi connectivity index (χ1n) is 4.94. The van der Waals surface area contributed by atoms with E-state index in [1.54, 1.807) is 0 Å². The second-order valence-electron chi connectivity index (χ2n) is 3.41. The van der Waals surface area contributed by atoms with Crippen molar-refractivity contribution in [1.29, 1.82) is 0 Å². The van der Waals surface area contributed by atoms with Gasteiger partial charge in [-0.05, 0) is 25.8 Å². The minimum absolute atomic E-state index is 0. The first-order valence-corrected chi connectivity index (χ1v) is 4.94. The average molecular weight is 223 g/mol. The van der Waals surface area contributed by atoms with Crippen molar-refractivity contribution < 1.29 is 9.90 Å². The third-order valence-electron chi connectivity index (χ3n) is 2.30. The summed E-state index contributed by atoms with van der Waals surface area (Å²) in [5, 5.41) is 14.5. The van der Waals surface area contributed by atoms with Crippen LogP contribution in [0.1, 0.15) is 19.3 Å². The molecule has 1 heterocycles. The predicted octanol–water partition coefficient (Wildman–Crippen LogP) is -0.0936. The fraction of sp³-hybridized carbons (Fsp3) is 0.889. The lowest BCUT2D eigenvalue weighted by Crippen LogP contribution is -2.40. The van der Waals surface area contributed by atoms with E-state index in [9.17, 15) is 4.79 Å². The van der Waals surface area contributed by atoms with Gasteiger partial charge < -0.3 is 15.7 Å². The molecule has 1 aliphatic rings. The molecule has 3 N–H and O–H groups in total. The topological polar surface area (TPSA) is 61.4 Å². The number of rotatable bonds is 4. The minimum Gasteiger partial charge on any atom is -0.396 e. The molecule has 0 saturated carbocycles. The predicted molar refractivity (Wildman–Crippen MR) is 57.6 cm³/mol. The summed E-state index contributed by atoms with van der Waals surface area (Å²) in [5.74, 6) is 0.257. The van der Waals surface area contributed by atoms with Crippen molar-refractivity contribution in [3.8, 4) is 0 Å². The Bertz CT molecular complexity index is 161. The molecule has 1 rings (SSSR count). The van der Waals surface area contributed by atoms with E-state index in [1.807, 2.05) is 0 Å². The van der Waals surface area contributed by atoms with Crippen molar-refractivity contribution in [2.75, 3.05) is 26.2 Å². The number of piperidine rings is 1. The summed E-state index contributed by atoms with van der Waals surface area (Å²) in [6.07, 6.45) is 2.71. The van der Waals surface area contributed by atoms with E-state index in [0.717, 1.165) is 25.9 Å². The highest BCUT2D eigenvalue weighted by molar-refractivity contribution is 5.85. The summed E-state index contributed by atoms with van der Waals surface area (Å²) in [4.78, 5) is 11.4. The Morgan fingerprint density at radius 2 is 2.36 bits per heavy atom. The number of amides is 1. The molecular formula is C9H19ClN2O2. The lowest BCUT2D eigenvalue weighted by Gasteiger charge is -2.21. The van der Waals surface area contributed by atoms with E-state index in [2.05, 4.69) is 10.6 Å². The molecule has 1 unspecified atom stereocenters. The molecule has 1 amide bonds.